The Morgan fingerprint density at radius 1 is 0.727 bits per heavy atom. The fourth-order valence-corrected chi connectivity index (χ4v) is 6.02. The molecule has 0 atom stereocenters. The molecule has 5 heteroatoms. The van der Waals surface area contributed by atoms with Crippen LogP contribution in [0.25, 0.3) is 68.4 Å². The maximum absolute atomic E-state index is 9.60. The van der Waals surface area contributed by atoms with Crippen molar-refractivity contribution >= 4 is 80.7 Å². The lowest BCUT2D eigenvalue weighted by atomic mass is 9.94. The SMILES string of the molecule is [C-]#[N+]c1nc2c3cc4c(cc3c3c5ccccc5ccc3c2nc1C#N)sc1ccccc14. The van der Waals surface area contributed by atoms with Crippen LogP contribution in [0, 0.1) is 17.9 Å². The second-order valence-electron chi connectivity index (χ2n) is 8.02. The number of benzene rings is 5. The normalized spacial score (nSPS) is 11.6. The van der Waals surface area contributed by atoms with Crippen LogP contribution in [-0.4, -0.2) is 9.97 Å². The monoisotopic (exact) mass is 436 g/mol. The van der Waals surface area contributed by atoms with E-state index in [4.69, 9.17) is 6.57 Å². The van der Waals surface area contributed by atoms with Gasteiger partial charge in [0.1, 0.15) is 11.6 Å². The van der Waals surface area contributed by atoms with Crippen LogP contribution in [0.1, 0.15) is 5.69 Å². The van der Waals surface area contributed by atoms with Crippen LogP contribution in [0.4, 0.5) is 5.82 Å². The molecule has 0 radical (unpaired) electrons. The quantitative estimate of drug-likeness (QED) is 0.179. The first-order valence-electron chi connectivity index (χ1n) is 10.4. The number of aromatic nitrogens is 2. The third-order valence-corrected chi connectivity index (χ3v) is 7.45. The van der Waals surface area contributed by atoms with Gasteiger partial charge >= 0.3 is 5.82 Å². The minimum atomic E-state index is 0.0433. The molecule has 0 saturated heterocycles. The lowest BCUT2D eigenvalue weighted by Crippen LogP contribution is -1.94. The number of nitrogens with zero attached hydrogens (tertiary/aromatic N) is 4. The molecule has 0 amide bonds. The van der Waals surface area contributed by atoms with Gasteiger partial charge in [-0.3, -0.25) is 0 Å². The predicted molar refractivity (Wildman–Crippen MR) is 136 cm³/mol. The van der Waals surface area contributed by atoms with E-state index in [0.717, 1.165) is 32.3 Å². The van der Waals surface area contributed by atoms with Crippen molar-refractivity contribution in [3.05, 3.63) is 89.9 Å². The van der Waals surface area contributed by atoms with Crippen LogP contribution < -0.4 is 0 Å². The minimum absolute atomic E-state index is 0.0433. The van der Waals surface area contributed by atoms with E-state index in [2.05, 4.69) is 81.5 Å². The summed E-state index contributed by atoms with van der Waals surface area (Å²) in [6.07, 6.45) is 0. The van der Waals surface area contributed by atoms with E-state index in [9.17, 15) is 5.26 Å². The van der Waals surface area contributed by atoms with E-state index in [1.807, 2.05) is 12.1 Å². The number of fused-ring (bicyclic) bond motifs is 11. The number of hydrogen-bond acceptors (Lipinski definition) is 4. The summed E-state index contributed by atoms with van der Waals surface area (Å²) < 4.78 is 2.45. The Kier molecular flexibility index (Phi) is 3.53. The zero-order chi connectivity index (χ0) is 22.1. The van der Waals surface area contributed by atoms with Gasteiger partial charge in [0, 0.05) is 30.9 Å². The summed E-state index contributed by atoms with van der Waals surface area (Å²) in [6.45, 7) is 7.53. The molecule has 0 fully saturated rings. The molecule has 7 rings (SSSR count). The average molecular weight is 436 g/mol. The molecular formula is C28H12N4S. The van der Waals surface area contributed by atoms with Crippen LogP contribution in [0.5, 0.6) is 0 Å². The molecule has 0 N–H and O–H groups in total. The minimum Gasteiger partial charge on any atom is -0.358 e. The topological polar surface area (TPSA) is 53.9 Å². The third kappa shape index (κ3) is 2.37. The predicted octanol–water partition coefficient (Wildman–Crippen LogP) is 7.88. The van der Waals surface area contributed by atoms with Gasteiger partial charge in [0.2, 0.25) is 0 Å². The van der Waals surface area contributed by atoms with Gasteiger partial charge in [-0.05, 0) is 39.7 Å². The molecule has 150 valence electrons. The molecule has 0 aliphatic rings. The van der Waals surface area contributed by atoms with Crippen molar-refractivity contribution in [3.63, 3.8) is 0 Å². The van der Waals surface area contributed by atoms with Crippen LogP contribution in [-0.2, 0) is 0 Å². The van der Waals surface area contributed by atoms with Crippen molar-refractivity contribution in [2.45, 2.75) is 0 Å². The second kappa shape index (κ2) is 6.46. The Labute approximate surface area is 191 Å². The highest BCUT2D eigenvalue weighted by Crippen LogP contribution is 2.43. The molecular weight excluding hydrogens is 424 g/mol. The molecule has 0 aliphatic carbocycles. The molecule has 2 aromatic heterocycles. The van der Waals surface area contributed by atoms with Gasteiger partial charge in [0.25, 0.3) is 0 Å². The largest absolute Gasteiger partial charge is 0.358 e. The summed E-state index contributed by atoms with van der Waals surface area (Å²) in [7, 11) is 0. The van der Waals surface area contributed by atoms with Crippen LogP contribution in [0.15, 0.2) is 72.8 Å². The second-order valence-corrected chi connectivity index (χ2v) is 9.10. The Morgan fingerprint density at radius 3 is 2.36 bits per heavy atom. The van der Waals surface area contributed by atoms with Crippen molar-refractivity contribution < 1.29 is 0 Å². The highest BCUT2D eigenvalue weighted by molar-refractivity contribution is 7.25. The van der Waals surface area contributed by atoms with Gasteiger partial charge in [-0.25, -0.2) is 4.98 Å². The maximum Gasteiger partial charge on any atom is 0.307 e. The number of hydrogen-bond donors (Lipinski definition) is 0. The van der Waals surface area contributed by atoms with Gasteiger partial charge in [-0.1, -0.05) is 61.2 Å². The zero-order valence-electron chi connectivity index (χ0n) is 17.1. The standard InChI is InChI=1S/C28H12N4S/c1-30-28-22(14-29)31-26-18-11-10-15-6-2-3-7-16(15)25(18)20-13-24-19(12-21(20)27(26)32-28)17-8-4-5-9-23(17)33-24/h2-13H. The molecule has 5 aromatic carbocycles. The average Bonchev–Trinajstić information content (AvgIpc) is 3.24. The highest BCUT2D eigenvalue weighted by Gasteiger charge is 2.20. The smallest absolute Gasteiger partial charge is 0.307 e. The summed E-state index contributed by atoms with van der Waals surface area (Å²) in [4.78, 5) is 12.8. The van der Waals surface area contributed by atoms with Crippen molar-refractivity contribution in [2.24, 2.45) is 0 Å². The number of thiophene rings is 1. The van der Waals surface area contributed by atoms with E-state index in [1.165, 1.54) is 20.2 Å². The van der Waals surface area contributed by atoms with Gasteiger partial charge in [-0.2, -0.15) is 5.26 Å². The van der Waals surface area contributed by atoms with E-state index in [0.29, 0.717) is 11.0 Å². The lowest BCUT2D eigenvalue weighted by molar-refractivity contribution is 1.27. The summed E-state index contributed by atoms with van der Waals surface area (Å²) in [5.41, 5.74) is 1.38. The van der Waals surface area contributed by atoms with E-state index >= 15 is 0 Å². The van der Waals surface area contributed by atoms with Crippen molar-refractivity contribution in [1.82, 2.24) is 9.97 Å². The van der Waals surface area contributed by atoms with Gasteiger partial charge in [0.05, 0.1) is 0 Å². The molecule has 7 aromatic rings. The first kappa shape index (κ1) is 18.0. The summed E-state index contributed by atoms with van der Waals surface area (Å²) in [6, 6.07) is 27.4. The Bertz CT molecular complexity index is 2060. The Morgan fingerprint density at radius 2 is 1.52 bits per heavy atom. The van der Waals surface area contributed by atoms with Crippen LogP contribution in [0.2, 0.25) is 0 Å². The fourth-order valence-electron chi connectivity index (χ4n) is 4.89. The first-order valence-corrected chi connectivity index (χ1v) is 11.3. The molecule has 0 bridgehead atoms. The first-order chi connectivity index (χ1) is 16.3. The highest BCUT2D eigenvalue weighted by atomic mass is 32.1. The number of nitriles is 1. The Hall–Kier alpha value is -4.58. The summed E-state index contributed by atoms with van der Waals surface area (Å²) in [5.74, 6) is 0.0433. The van der Waals surface area contributed by atoms with Crippen LogP contribution >= 0.6 is 11.3 Å². The van der Waals surface area contributed by atoms with E-state index in [-0.39, 0.29) is 11.5 Å². The summed E-state index contributed by atoms with van der Waals surface area (Å²) in [5, 5.41) is 18.3. The number of rotatable bonds is 0. The zero-order valence-corrected chi connectivity index (χ0v) is 17.9. The molecule has 0 saturated carbocycles. The van der Waals surface area contributed by atoms with Crippen molar-refractivity contribution in [1.29, 1.82) is 5.26 Å². The van der Waals surface area contributed by atoms with Gasteiger partial charge in [-0.15, -0.1) is 16.3 Å². The van der Waals surface area contributed by atoms with E-state index in [1.54, 1.807) is 11.3 Å². The van der Waals surface area contributed by atoms with Crippen LogP contribution in [0.3, 0.4) is 0 Å². The molecule has 4 nitrogen and oxygen atoms in total. The molecule has 2 heterocycles. The van der Waals surface area contributed by atoms with Gasteiger partial charge < -0.3 is 4.85 Å². The van der Waals surface area contributed by atoms with E-state index < -0.39 is 0 Å². The van der Waals surface area contributed by atoms with Crippen molar-refractivity contribution in [2.75, 3.05) is 0 Å². The Balaban J connectivity index is 1.84. The lowest BCUT2D eigenvalue weighted by Gasteiger charge is -2.11. The molecule has 33 heavy (non-hydrogen) atoms. The molecule has 0 aliphatic heterocycles. The van der Waals surface area contributed by atoms with Gasteiger partial charge in [0.15, 0.2) is 11.2 Å². The maximum atomic E-state index is 9.60. The molecule has 0 spiro atoms. The molecule has 0 unspecified atom stereocenters. The summed E-state index contributed by atoms with van der Waals surface area (Å²) >= 11 is 1.78. The third-order valence-electron chi connectivity index (χ3n) is 6.31. The van der Waals surface area contributed by atoms with Crippen molar-refractivity contribution in [3.8, 4) is 6.07 Å². The fraction of sp³-hybridized carbons (Fsp3) is 0.